The lowest BCUT2D eigenvalue weighted by Crippen LogP contribution is -2.33. The van der Waals surface area contributed by atoms with Crippen LogP contribution < -0.4 is 10.4 Å². The molecule has 1 aromatic carbocycles. The van der Waals surface area contributed by atoms with Crippen LogP contribution in [0.25, 0.3) is 12.2 Å². The molecule has 1 aliphatic carbocycles. The fourth-order valence-electron chi connectivity index (χ4n) is 2.00. The Morgan fingerprint density at radius 3 is 2.38 bits per heavy atom. The van der Waals surface area contributed by atoms with Crippen LogP contribution >= 0.6 is 0 Å². The van der Waals surface area contributed by atoms with Gasteiger partial charge < -0.3 is 0 Å². The molecule has 0 aliphatic heterocycles. The van der Waals surface area contributed by atoms with Crippen molar-refractivity contribution in [2.45, 2.75) is 27.2 Å². The summed E-state index contributed by atoms with van der Waals surface area (Å²) in [4.78, 5) is 0. The molecular formula is C13H16. The average molecular weight is 172 g/mol. The average Bonchev–Trinajstić information content (AvgIpc) is 2.12. The minimum atomic E-state index is 0.702. The van der Waals surface area contributed by atoms with Gasteiger partial charge in [-0.25, -0.2) is 0 Å². The third kappa shape index (κ3) is 1.41. The molecule has 0 N–H and O–H groups in total. The lowest BCUT2D eigenvalue weighted by Gasteiger charge is -2.10. The van der Waals surface area contributed by atoms with Crippen LogP contribution in [-0.2, 0) is 0 Å². The first-order valence-corrected chi connectivity index (χ1v) is 4.97. The Kier molecular flexibility index (Phi) is 1.99. The fraction of sp³-hybridized carbons (Fsp3) is 0.385. The Morgan fingerprint density at radius 1 is 1.08 bits per heavy atom. The number of fused-ring (bicyclic) bond motifs is 1. The molecule has 1 unspecified atom stereocenters. The molecule has 0 amide bonds. The molecule has 0 heteroatoms. The van der Waals surface area contributed by atoms with Crippen molar-refractivity contribution in [1.82, 2.24) is 0 Å². The predicted molar refractivity (Wildman–Crippen MR) is 57.9 cm³/mol. The summed E-state index contributed by atoms with van der Waals surface area (Å²) in [5.41, 5.74) is 2.81. The zero-order valence-electron chi connectivity index (χ0n) is 8.59. The summed E-state index contributed by atoms with van der Waals surface area (Å²) in [7, 11) is 0. The molecule has 0 aromatic heterocycles. The first-order valence-electron chi connectivity index (χ1n) is 4.97. The number of benzene rings is 1. The maximum Gasteiger partial charge on any atom is -0.0192 e. The second kappa shape index (κ2) is 3.02. The Labute approximate surface area is 79.6 Å². The molecule has 1 aromatic rings. The van der Waals surface area contributed by atoms with Gasteiger partial charge in [0.2, 0.25) is 0 Å². The molecule has 0 saturated carbocycles. The van der Waals surface area contributed by atoms with Crippen LogP contribution in [0.2, 0.25) is 0 Å². The van der Waals surface area contributed by atoms with Crippen LogP contribution in [-0.4, -0.2) is 0 Å². The van der Waals surface area contributed by atoms with Crippen molar-refractivity contribution in [3.05, 3.63) is 33.7 Å². The lowest BCUT2D eigenvalue weighted by atomic mass is 9.95. The smallest absolute Gasteiger partial charge is 0.0192 e. The Balaban J connectivity index is 2.85. The molecule has 0 fully saturated rings. The SMILES string of the molecule is Cc1ccc(C)c2c1=CCC(C)C=2. The van der Waals surface area contributed by atoms with Gasteiger partial charge in [0, 0.05) is 0 Å². The molecule has 0 heterocycles. The molecule has 68 valence electrons. The van der Waals surface area contributed by atoms with E-state index < -0.39 is 0 Å². The zero-order valence-corrected chi connectivity index (χ0v) is 8.59. The summed E-state index contributed by atoms with van der Waals surface area (Å²) in [5.74, 6) is 0.702. The molecule has 13 heavy (non-hydrogen) atoms. The van der Waals surface area contributed by atoms with Crippen LogP contribution in [0.5, 0.6) is 0 Å². The fourth-order valence-corrected chi connectivity index (χ4v) is 2.00. The van der Waals surface area contributed by atoms with Crippen molar-refractivity contribution in [3.8, 4) is 0 Å². The molecule has 0 saturated heterocycles. The largest absolute Gasteiger partial charge is 0.0758 e. The Bertz CT molecular complexity index is 438. The molecule has 0 radical (unpaired) electrons. The van der Waals surface area contributed by atoms with E-state index in [9.17, 15) is 0 Å². The highest BCUT2D eigenvalue weighted by Crippen LogP contribution is 2.07. The van der Waals surface area contributed by atoms with E-state index in [2.05, 4.69) is 45.1 Å². The van der Waals surface area contributed by atoms with Crippen LogP contribution in [0.1, 0.15) is 24.5 Å². The van der Waals surface area contributed by atoms with Gasteiger partial charge >= 0.3 is 0 Å². The highest BCUT2D eigenvalue weighted by Gasteiger charge is 2.04. The number of aryl methyl sites for hydroxylation is 2. The summed E-state index contributed by atoms with van der Waals surface area (Å²) >= 11 is 0. The third-order valence-electron chi connectivity index (χ3n) is 2.87. The van der Waals surface area contributed by atoms with E-state index in [0.717, 1.165) is 0 Å². The van der Waals surface area contributed by atoms with Gasteiger partial charge in [0.1, 0.15) is 0 Å². The summed E-state index contributed by atoms with van der Waals surface area (Å²) in [6.45, 7) is 6.67. The maximum absolute atomic E-state index is 2.40. The van der Waals surface area contributed by atoms with Crippen molar-refractivity contribution in [3.63, 3.8) is 0 Å². The standard InChI is InChI=1S/C13H16/c1-9-4-7-12-10(2)5-6-11(3)13(12)8-9/h5-9H,4H2,1-3H3. The molecule has 2 rings (SSSR count). The third-order valence-corrected chi connectivity index (χ3v) is 2.87. The topological polar surface area (TPSA) is 0 Å². The Hall–Kier alpha value is -1.04. The highest BCUT2D eigenvalue weighted by atomic mass is 14.1. The predicted octanol–water partition coefficient (Wildman–Crippen LogP) is 1.90. The summed E-state index contributed by atoms with van der Waals surface area (Å²) in [6, 6.07) is 4.44. The maximum atomic E-state index is 2.40. The first kappa shape index (κ1) is 8.55. The van der Waals surface area contributed by atoms with Crippen molar-refractivity contribution in [2.75, 3.05) is 0 Å². The summed E-state index contributed by atoms with van der Waals surface area (Å²) in [5, 5.41) is 2.91. The quantitative estimate of drug-likeness (QED) is 0.561. The number of hydrogen-bond donors (Lipinski definition) is 0. The summed E-state index contributed by atoms with van der Waals surface area (Å²) in [6.07, 6.45) is 5.97. The van der Waals surface area contributed by atoms with Gasteiger partial charge in [-0.3, -0.25) is 0 Å². The molecule has 0 bridgehead atoms. The molecular weight excluding hydrogens is 156 g/mol. The van der Waals surface area contributed by atoms with E-state index in [4.69, 9.17) is 0 Å². The van der Waals surface area contributed by atoms with Crippen molar-refractivity contribution < 1.29 is 0 Å². The van der Waals surface area contributed by atoms with Crippen molar-refractivity contribution >= 4 is 12.2 Å². The number of rotatable bonds is 0. The first-order chi connectivity index (χ1) is 6.18. The van der Waals surface area contributed by atoms with Crippen LogP contribution in [0.3, 0.4) is 0 Å². The lowest BCUT2D eigenvalue weighted by molar-refractivity contribution is 0.798. The van der Waals surface area contributed by atoms with Gasteiger partial charge in [-0.1, -0.05) is 31.2 Å². The second-order valence-corrected chi connectivity index (χ2v) is 4.11. The van der Waals surface area contributed by atoms with Crippen LogP contribution in [0.15, 0.2) is 12.1 Å². The van der Waals surface area contributed by atoms with E-state index in [0.29, 0.717) is 5.92 Å². The van der Waals surface area contributed by atoms with Crippen molar-refractivity contribution in [1.29, 1.82) is 0 Å². The van der Waals surface area contributed by atoms with Gasteiger partial charge in [0.25, 0.3) is 0 Å². The monoisotopic (exact) mass is 172 g/mol. The van der Waals surface area contributed by atoms with Crippen LogP contribution in [0.4, 0.5) is 0 Å². The van der Waals surface area contributed by atoms with Gasteiger partial charge in [-0.2, -0.15) is 0 Å². The van der Waals surface area contributed by atoms with E-state index in [1.807, 2.05) is 0 Å². The Morgan fingerprint density at radius 2 is 1.69 bits per heavy atom. The number of hydrogen-bond acceptors (Lipinski definition) is 0. The highest BCUT2D eigenvalue weighted by molar-refractivity contribution is 5.45. The van der Waals surface area contributed by atoms with Gasteiger partial charge in [-0.05, 0) is 47.8 Å². The van der Waals surface area contributed by atoms with E-state index >= 15 is 0 Å². The normalized spacial score (nSPS) is 20.1. The van der Waals surface area contributed by atoms with Gasteiger partial charge in [0.15, 0.2) is 0 Å². The zero-order chi connectivity index (χ0) is 9.42. The molecule has 0 nitrogen and oxygen atoms in total. The van der Waals surface area contributed by atoms with Crippen molar-refractivity contribution in [2.24, 2.45) is 5.92 Å². The van der Waals surface area contributed by atoms with E-state index in [1.54, 1.807) is 0 Å². The molecule has 1 atom stereocenters. The summed E-state index contributed by atoms with van der Waals surface area (Å²) < 4.78 is 0. The van der Waals surface area contributed by atoms with E-state index in [1.165, 1.54) is 28.0 Å². The molecule has 0 spiro atoms. The molecule has 1 aliphatic rings. The van der Waals surface area contributed by atoms with E-state index in [-0.39, 0.29) is 0 Å². The minimum Gasteiger partial charge on any atom is -0.0758 e. The second-order valence-electron chi connectivity index (χ2n) is 4.11. The van der Waals surface area contributed by atoms with Gasteiger partial charge in [-0.15, -0.1) is 0 Å². The van der Waals surface area contributed by atoms with Crippen LogP contribution in [0, 0.1) is 19.8 Å². The van der Waals surface area contributed by atoms with Gasteiger partial charge in [0.05, 0.1) is 0 Å². The minimum absolute atomic E-state index is 0.702.